The van der Waals surface area contributed by atoms with E-state index in [9.17, 15) is 19.5 Å². The van der Waals surface area contributed by atoms with Gasteiger partial charge in [0.2, 0.25) is 11.8 Å². The van der Waals surface area contributed by atoms with E-state index in [0.29, 0.717) is 10.6 Å². The number of thiophene rings is 1. The number of carbonyl (C=O) groups excluding carboxylic acids is 2. The Bertz CT molecular complexity index is 890. The highest BCUT2D eigenvalue weighted by molar-refractivity contribution is 7.99. The van der Waals surface area contributed by atoms with Crippen LogP contribution in [0, 0.1) is 0 Å². The summed E-state index contributed by atoms with van der Waals surface area (Å²) >= 11 is 2.37. The topological polar surface area (TPSA) is 121 Å². The van der Waals surface area contributed by atoms with E-state index in [1.165, 1.54) is 18.4 Å². The zero-order chi connectivity index (χ0) is 18.0. The molecule has 0 aromatic carbocycles. The van der Waals surface area contributed by atoms with Gasteiger partial charge in [-0.05, 0) is 24.8 Å². The molecule has 0 radical (unpaired) electrons. The fraction of sp³-hybridized carbons (Fsp3) is 0.333. The van der Waals surface area contributed by atoms with Gasteiger partial charge in [-0.1, -0.05) is 11.8 Å². The van der Waals surface area contributed by atoms with Crippen LogP contribution in [0.3, 0.4) is 0 Å². The maximum Gasteiger partial charge on any atom is 0.341 e. The van der Waals surface area contributed by atoms with E-state index in [1.807, 2.05) is 0 Å². The van der Waals surface area contributed by atoms with Crippen LogP contribution >= 0.6 is 23.1 Å². The van der Waals surface area contributed by atoms with Crippen LogP contribution < -0.4 is 10.9 Å². The van der Waals surface area contributed by atoms with E-state index < -0.39 is 17.4 Å². The lowest BCUT2D eigenvalue weighted by atomic mass is 10.1. The normalized spacial score (nSPS) is 12.7. The van der Waals surface area contributed by atoms with Gasteiger partial charge in [0.25, 0.3) is 5.56 Å². The van der Waals surface area contributed by atoms with Gasteiger partial charge in [0.05, 0.1) is 24.5 Å². The number of ether oxygens (including phenoxy) is 1. The van der Waals surface area contributed by atoms with E-state index in [1.54, 1.807) is 0 Å². The van der Waals surface area contributed by atoms with Gasteiger partial charge in [-0.25, -0.2) is 4.79 Å². The minimum atomic E-state index is -0.502. The molecule has 0 atom stereocenters. The van der Waals surface area contributed by atoms with Gasteiger partial charge >= 0.3 is 5.97 Å². The van der Waals surface area contributed by atoms with Gasteiger partial charge in [-0.15, -0.1) is 11.3 Å². The molecule has 8 nitrogen and oxygen atoms in total. The van der Waals surface area contributed by atoms with E-state index in [-0.39, 0.29) is 16.8 Å². The SMILES string of the molecule is COC(=O)c1c(NC(=O)CSc2nc(O)cc(=O)[nH]2)sc2c1CCC2. The Labute approximate surface area is 150 Å². The van der Waals surface area contributed by atoms with E-state index >= 15 is 0 Å². The highest BCUT2D eigenvalue weighted by atomic mass is 32.2. The molecule has 3 N–H and O–H groups in total. The summed E-state index contributed by atoms with van der Waals surface area (Å²) in [6.45, 7) is 0. The summed E-state index contributed by atoms with van der Waals surface area (Å²) in [5.74, 6) is -1.24. The highest BCUT2D eigenvalue weighted by Crippen LogP contribution is 2.39. The van der Waals surface area contributed by atoms with Crippen molar-refractivity contribution in [1.82, 2.24) is 9.97 Å². The number of hydrogen-bond donors (Lipinski definition) is 3. The number of nitrogens with zero attached hydrogens (tertiary/aromatic N) is 1. The Hall–Kier alpha value is -2.33. The molecule has 0 saturated heterocycles. The third-order valence-electron chi connectivity index (χ3n) is 3.61. The van der Waals surface area contributed by atoms with Gasteiger partial charge in [0.15, 0.2) is 5.16 Å². The average Bonchev–Trinajstić information content (AvgIpc) is 3.12. The van der Waals surface area contributed by atoms with Crippen molar-refractivity contribution in [2.75, 3.05) is 18.2 Å². The van der Waals surface area contributed by atoms with Crippen molar-refractivity contribution in [2.24, 2.45) is 0 Å². The Kier molecular flexibility index (Phi) is 5.09. The number of nitrogens with one attached hydrogen (secondary N) is 2. The van der Waals surface area contributed by atoms with Gasteiger partial charge < -0.3 is 20.1 Å². The first-order valence-corrected chi connectivity index (χ1v) is 9.24. The maximum absolute atomic E-state index is 12.2. The van der Waals surface area contributed by atoms with Crippen molar-refractivity contribution in [2.45, 2.75) is 24.4 Å². The molecular weight excluding hydrogens is 366 g/mol. The average molecular weight is 381 g/mol. The van der Waals surface area contributed by atoms with Crippen molar-refractivity contribution in [3.63, 3.8) is 0 Å². The van der Waals surface area contributed by atoms with Gasteiger partial charge in [-0.2, -0.15) is 4.98 Å². The second kappa shape index (κ2) is 7.28. The number of thioether (sulfide) groups is 1. The molecule has 0 fully saturated rings. The van der Waals surface area contributed by atoms with E-state index in [4.69, 9.17) is 4.74 Å². The summed E-state index contributed by atoms with van der Waals surface area (Å²) in [7, 11) is 1.31. The van der Waals surface area contributed by atoms with Crippen LogP contribution in [-0.4, -0.2) is 39.8 Å². The lowest BCUT2D eigenvalue weighted by Gasteiger charge is -2.07. The molecule has 10 heteroatoms. The molecule has 0 unspecified atom stereocenters. The third kappa shape index (κ3) is 3.85. The third-order valence-corrected chi connectivity index (χ3v) is 5.69. The summed E-state index contributed by atoms with van der Waals surface area (Å²) in [5.41, 5.74) is 0.888. The summed E-state index contributed by atoms with van der Waals surface area (Å²) in [6.07, 6.45) is 2.68. The van der Waals surface area contributed by atoms with Gasteiger partial charge in [0, 0.05) is 4.88 Å². The predicted molar refractivity (Wildman–Crippen MR) is 93.6 cm³/mol. The number of H-pyrrole nitrogens is 1. The number of amides is 1. The minimum absolute atomic E-state index is 0.0322. The monoisotopic (exact) mass is 381 g/mol. The molecule has 3 rings (SSSR count). The molecule has 0 spiro atoms. The fourth-order valence-electron chi connectivity index (χ4n) is 2.60. The Morgan fingerprint density at radius 2 is 2.28 bits per heavy atom. The molecule has 132 valence electrons. The number of aromatic amines is 1. The van der Waals surface area contributed by atoms with Crippen LogP contribution in [0.4, 0.5) is 5.00 Å². The summed E-state index contributed by atoms with van der Waals surface area (Å²) in [5, 5.41) is 12.6. The zero-order valence-electron chi connectivity index (χ0n) is 13.2. The van der Waals surface area contributed by atoms with Crippen LogP contribution in [0.5, 0.6) is 5.88 Å². The second-order valence-corrected chi connectivity index (χ2v) is 7.37. The van der Waals surface area contributed by atoms with Crippen LogP contribution in [-0.2, 0) is 22.4 Å². The van der Waals surface area contributed by atoms with Crippen molar-refractivity contribution >= 4 is 40.0 Å². The Balaban J connectivity index is 1.71. The lowest BCUT2D eigenvalue weighted by molar-refractivity contribution is -0.113. The smallest absolute Gasteiger partial charge is 0.341 e. The number of methoxy groups -OCH3 is 1. The predicted octanol–water partition coefficient (Wildman–Crippen LogP) is 1.54. The highest BCUT2D eigenvalue weighted by Gasteiger charge is 2.28. The number of rotatable bonds is 5. The summed E-state index contributed by atoms with van der Waals surface area (Å²) < 4.78 is 4.83. The summed E-state index contributed by atoms with van der Waals surface area (Å²) in [6, 6.07) is 0.944. The molecule has 0 saturated carbocycles. The van der Waals surface area contributed by atoms with Gasteiger partial charge in [-0.3, -0.25) is 9.59 Å². The molecule has 1 aliphatic rings. The number of aromatic nitrogens is 2. The van der Waals surface area contributed by atoms with Crippen LogP contribution in [0.2, 0.25) is 0 Å². The van der Waals surface area contributed by atoms with Crippen molar-refractivity contribution in [1.29, 1.82) is 0 Å². The molecule has 0 aliphatic heterocycles. The largest absolute Gasteiger partial charge is 0.493 e. The number of carbonyl (C=O) groups is 2. The van der Waals surface area contributed by atoms with Crippen molar-refractivity contribution in [3.05, 3.63) is 32.4 Å². The number of hydrogen-bond acceptors (Lipinski definition) is 8. The second-order valence-electron chi connectivity index (χ2n) is 5.30. The molecule has 1 amide bonds. The minimum Gasteiger partial charge on any atom is -0.493 e. The quantitative estimate of drug-likeness (QED) is 0.408. The molecule has 25 heavy (non-hydrogen) atoms. The number of fused-ring (bicyclic) bond motifs is 1. The molecule has 2 heterocycles. The first kappa shape index (κ1) is 17.5. The lowest BCUT2D eigenvalue weighted by Crippen LogP contribution is -2.17. The Morgan fingerprint density at radius 3 is 3.00 bits per heavy atom. The van der Waals surface area contributed by atoms with Crippen LogP contribution in [0.25, 0.3) is 0 Å². The first-order valence-electron chi connectivity index (χ1n) is 7.43. The maximum atomic E-state index is 12.2. The zero-order valence-corrected chi connectivity index (χ0v) is 14.9. The van der Waals surface area contributed by atoms with Crippen LogP contribution in [0.15, 0.2) is 16.0 Å². The van der Waals surface area contributed by atoms with E-state index in [2.05, 4.69) is 15.3 Å². The molecule has 0 bridgehead atoms. The van der Waals surface area contributed by atoms with Gasteiger partial charge in [0.1, 0.15) is 5.00 Å². The fourth-order valence-corrected chi connectivity index (χ4v) is 4.56. The standard InChI is InChI=1S/C15H15N3O5S2/c1-23-14(22)12-7-3-2-4-8(7)25-13(12)16-11(21)6-24-15-17-9(19)5-10(20)18-15/h5H,2-4,6H2,1H3,(H,16,21)(H2,17,18,19,20). The number of aryl methyl sites for hydroxylation is 1. The van der Waals surface area contributed by atoms with Crippen molar-refractivity contribution < 1.29 is 19.4 Å². The van der Waals surface area contributed by atoms with Crippen LogP contribution in [0.1, 0.15) is 27.2 Å². The van der Waals surface area contributed by atoms with E-state index in [0.717, 1.165) is 47.5 Å². The first-order chi connectivity index (χ1) is 12.0. The molecule has 2 aromatic rings. The van der Waals surface area contributed by atoms with Crippen molar-refractivity contribution in [3.8, 4) is 5.88 Å². The number of aromatic hydroxyl groups is 1. The molecular formula is C15H15N3O5S2. The number of anilines is 1. The number of esters is 1. The Morgan fingerprint density at radius 1 is 1.48 bits per heavy atom. The molecule has 1 aliphatic carbocycles. The molecule has 2 aromatic heterocycles. The summed E-state index contributed by atoms with van der Waals surface area (Å²) in [4.78, 5) is 42.7.